The lowest BCUT2D eigenvalue weighted by molar-refractivity contribution is -0.143. The number of allylic oxidation sites excluding steroid dienone is 2. The van der Waals surface area contributed by atoms with Crippen molar-refractivity contribution in [1.82, 2.24) is 15.1 Å². The molecule has 0 radical (unpaired) electrons. The highest BCUT2D eigenvalue weighted by atomic mass is 35.5. The fraction of sp³-hybridized carbons (Fsp3) is 0.300. The van der Waals surface area contributed by atoms with E-state index >= 15 is 0 Å². The first-order chi connectivity index (χ1) is 18.1. The molecule has 1 aliphatic heterocycles. The molecule has 0 saturated carbocycles. The Bertz CT molecular complexity index is 1360. The van der Waals surface area contributed by atoms with Gasteiger partial charge in [-0.05, 0) is 65.8 Å². The van der Waals surface area contributed by atoms with Crippen LogP contribution in [-0.2, 0) is 19.1 Å². The van der Waals surface area contributed by atoms with E-state index in [-0.39, 0.29) is 12.2 Å². The van der Waals surface area contributed by atoms with Gasteiger partial charge in [0.1, 0.15) is 0 Å². The lowest BCUT2D eigenvalue weighted by Gasteiger charge is -2.31. The summed E-state index contributed by atoms with van der Waals surface area (Å²) in [5.41, 5.74) is 4.79. The molecule has 4 rings (SSSR count). The molecule has 2 heterocycles. The minimum absolute atomic E-state index is 0.336. The summed E-state index contributed by atoms with van der Waals surface area (Å²) in [7, 11) is 0. The molecule has 38 heavy (non-hydrogen) atoms. The van der Waals surface area contributed by atoms with Crippen molar-refractivity contribution in [2.75, 3.05) is 0 Å². The number of carbonyl (C=O) groups excluding carboxylic acids is 2. The largest absolute Gasteiger partial charge is 0.460 e. The van der Waals surface area contributed by atoms with Crippen LogP contribution in [0.3, 0.4) is 0 Å². The molecule has 8 heteroatoms. The molecule has 3 aromatic rings. The maximum atomic E-state index is 13.5. The number of nitrogens with one attached hydrogen (secondary N) is 1. The first kappa shape index (κ1) is 27.2. The summed E-state index contributed by atoms with van der Waals surface area (Å²) in [6, 6.07) is 17.0. The minimum atomic E-state index is -0.781. The van der Waals surface area contributed by atoms with Gasteiger partial charge in [-0.2, -0.15) is 5.10 Å². The van der Waals surface area contributed by atoms with Gasteiger partial charge in [0.05, 0.1) is 40.7 Å². The lowest BCUT2D eigenvalue weighted by Crippen LogP contribution is -2.33. The normalized spacial score (nSPS) is 14.2. The molecule has 0 unspecified atom stereocenters. The molecular weight excluding hydrogens is 502 g/mol. The topological polar surface area (TPSA) is 82.5 Å². The van der Waals surface area contributed by atoms with Crippen LogP contribution < -0.4 is 5.32 Å². The number of para-hydroxylation sites is 1. The highest BCUT2D eigenvalue weighted by Crippen LogP contribution is 2.43. The Labute approximate surface area is 228 Å². The van der Waals surface area contributed by atoms with Crippen molar-refractivity contribution in [3.05, 3.63) is 93.9 Å². The van der Waals surface area contributed by atoms with Crippen molar-refractivity contribution in [3.63, 3.8) is 0 Å². The summed E-state index contributed by atoms with van der Waals surface area (Å²) in [6.45, 7) is 10.8. The lowest BCUT2D eigenvalue weighted by atomic mass is 9.79. The molecule has 0 fully saturated rings. The monoisotopic (exact) mass is 533 g/mol. The molecule has 0 atom stereocenters. The molecule has 0 saturated heterocycles. The van der Waals surface area contributed by atoms with Gasteiger partial charge >= 0.3 is 11.9 Å². The number of nitrogens with zero attached hydrogens (tertiary/aromatic N) is 2. The average molecular weight is 534 g/mol. The number of benzene rings is 2. The van der Waals surface area contributed by atoms with Crippen LogP contribution in [0.25, 0.3) is 16.9 Å². The molecular formula is C30H32ClN3O4. The van der Waals surface area contributed by atoms with Gasteiger partial charge in [0.2, 0.25) is 0 Å². The van der Waals surface area contributed by atoms with Crippen molar-refractivity contribution in [1.29, 1.82) is 0 Å². The zero-order chi connectivity index (χ0) is 27.6. The number of aromatic nitrogens is 2. The fourth-order valence-electron chi connectivity index (χ4n) is 4.54. The van der Waals surface area contributed by atoms with Crippen molar-refractivity contribution in [2.24, 2.45) is 0 Å². The third-order valence-corrected chi connectivity index (χ3v) is 6.33. The molecule has 0 aliphatic carbocycles. The van der Waals surface area contributed by atoms with Gasteiger partial charge in [-0.25, -0.2) is 14.3 Å². The van der Waals surface area contributed by atoms with Gasteiger partial charge in [0.15, 0.2) is 0 Å². The molecule has 1 N–H and O–H groups in total. The Hall–Kier alpha value is -3.84. The Balaban J connectivity index is 2.00. The van der Waals surface area contributed by atoms with E-state index in [1.54, 1.807) is 44.5 Å². The highest BCUT2D eigenvalue weighted by Gasteiger charge is 2.40. The molecule has 0 bridgehead atoms. The molecule has 0 amide bonds. The smallest absolute Gasteiger partial charge is 0.337 e. The molecule has 1 aromatic heterocycles. The predicted octanol–water partition coefficient (Wildman–Crippen LogP) is 6.33. The highest BCUT2D eigenvalue weighted by molar-refractivity contribution is 6.30. The van der Waals surface area contributed by atoms with Gasteiger partial charge in [-0.3, -0.25) is 0 Å². The van der Waals surface area contributed by atoms with E-state index in [1.807, 2.05) is 62.5 Å². The van der Waals surface area contributed by atoms with E-state index in [4.69, 9.17) is 26.2 Å². The van der Waals surface area contributed by atoms with E-state index in [2.05, 4.69) is 5.32 Å². The molecule has 0 spiro atoms. The van der Waals surface area contributed by atoms with Crippen LogP contribution in [0.5, 0.6) is 0 Å². The van der Waals surface area contributed by atoms with Crippen LogP contribution in [0.1, 0.15) is 53.0 Å². The number of carbonyl (C=O) groups is 2. The van der Waals surface area contributed by atoms with E-state index in [0.29, 0.717) is 38.8 Å². The van der Waals surface area contributed by atoms with Gasteiger partial charge in [0.25, 0.3) is 0 Å². The Kier molecular flexibility index (Phi) is 8.07. The molecule has 7 nitrogen and oxygen atoms in total. The molecule has 198 valence electrons. The Morgan fingerprint density at radius 1 is 0.868 bits per heavy atom. The Morgan fingerprint density at radius 3 is 1.89 bits per heavy atom. The van der Waals surface area contributed by atoms with Crippen molar-refractivity contribution in [3.8, 4) is 16.9 Å². The van der Waals surface area contributed by atoms with Crippen LogP contribution in [0.2, 0.25) is 5.02 Å². The maximum Gasteiger partial charge on any atom is 0.337 e. The van der Waals surface area contributed by atoms with Crippen LogP contribution in [-0.4, -0.2) is 33.9 Å². The standard InChI is InChI=1S/C30H32ClN3O4/c1-17(2)37-29(35)25-19(5)32-20(6)26(30(36)38-18(3)4)27(25)24-16-34(23-10-8-7-9-11-23)33-28(24)21-12-14-22(31)15-13-21/h7-18,27,32H,1-6H3. The minimum Gasteiger partial charge on any atom is -0.460 e. The average Bonchev–Trinajstić information content (AvgIpc) is 3.28. The number of hydrogen-bond acceptors (Lipinski definition) is 6. The zero-order valence-electron chi connectivity index (χ0n) is 22.4. The number of dihydropyridines is 1. The van der Waals surface area contributed by atoms with Crippen LogP contribution in [0.15, 0.2) is 83.3 Å². The van der Waals surface area contributed by atoms with Crippen molar-refractivity contribution < 1.29 is 19.1 Å². The Morgan fingerprint density at radius 2 is 1.39 bits per heavy atom. The van der Waals surface area contributed by atoms with Crippen LogP contribution in [0.4, 0.5) is 0 Å². The van der Waals surface area contributed by atoms with Gasteiger partial charge in [-0.15, -0.1) is 0 Å². The second kappa shape index (κ2) is 11.3. The second-order valence-electron chi connectivity index (χ2n) is 9.76. The zero-order valence-corrected chi connectivity index (χ0v) is 23.2. The third-order valence-electron chi connectivity index (χ3n) is 6.08. The quantitative estimate of drug-likeness (QED) is 0.357. The van der Waals surface area contributed by atoms with Crippen molar-refractivity contribution >= 4 is 23.5 Å². The maximum absolute atomic E-state index is 13.5. The number of ether oxygens (including phenoxy) is 2. The summed E-state index contributed by atoms with van der Waals surface area (Å²) in [5.74, 6) is -1.80. The predicted molar refractivity (Wildman–Crippen MR) is 148 cm³/mol. The molecule has 1 aliphatic rings. The van der Waals surface area contributed by atoms with Gasteiger partial charge < -0.3 is 14.8 Å². The van der Waals surface area contributed by atoms with Crippen LogP contribution in [0, 0.1) is 0 Å². The first-order valence-electron chi connectivity index (χ1n) is 12.6. The van der Waals surface area contributed by atoms with Crippen molar-refractivity contribution in [2.45, 2.75) is 59.7 Å². The number of halogens is 1. The second-order valence-corrected chi connectivity index (χ2v) is 10.2. The van der Waals surface area contributed by atoms with E-state index in [1.165, 1.54) is 0 Å². The summed E-state index contributed by atoms with van der Waals surface area (Å²) >= 11 is 6.18. The SMILES string of the molecule is CC1=C(C(=O)OC(C)C)C(c2cn(-c3ccccc3)nc2-c2ccc(Cl)cc2)C(C(=O)OC(C)C)=C(C)N1. The third kappa shape index (κ3) is 5.68. The van der Waals surface area contributed by atoms with E-state index in [9.17, 15) is 9.59 Å². The summed E-state index contributed by atoms with van der Waals surface area (Å²) < 4.78 is 13.1. The number of hydrogen-bond donors (Lipinski definition) is 1. The van der Waals surface area contributed by atoms with E-state index in [0.717, 1.165) is 11.3 Å². The fourth-order valence-corrected chi connectivity index (χ4v) is 4.67. The number of rotatable bonds is 7. The van der Waals surface area contributed by atoms with Gasteiger partial charge in [-0.1, -0.05) is 41.9 Å². The first-order valence-corrected chi connectivity index (χ1v) is 13.0. The summed E-state index contributed by atoms with van der Waals surface area (Å²) in [5, 5.41) is 8.72. The number of esters is 2. The van der Waals surface area contributed by atoms with Crippen LogP contribution >= 0.6 is 11.6 Å². The summed E-state index contributed by atoms with van der Waals surface area (Å²) in [4.78, 5) is 27.1. The summed E-state index contributed by atoms with van der Waals surface area (Å²) in [6.07, 6.45) is 1.18. The molecule has 2 aromatic carbocycles. The van der Waals surface area contributed by atoms with Gasteiger partial charge in [0, 0.05) is 33.7 Å². The van der Waals surface area contributed by atoms with E-state index < -0.39 is 17.9 Å².